The number of carbonyl (C=O) groups is 1. The number of anilines is 1. The molecule has 1 N–H and O–H groups in total. The van der Waals surface area contributed by atoms with E-state index in [1.54, 1.807) is 30.6 Å². The predicted octanol–water partition coefficient (Wildman–Crippen LogP) is 6.33. The number of thiazole rings is 1. The molecular formula is C26H23N3O4S. The van der Waals surface area contributed by atoms with E-state index in [4.69, 9.17) is 9.72 Å². The molecule has 0 spiro atoms. The lowest BCUT2D eigenvalue weighted by Crippen LogP contribution is -2.38. The fourth-order valence-corrected chi connectivity index (χ4v) is 5.67. The van der Waals surface area contributed by atoms with E-state index in [9.17, 15) is 14.9 Å². The molecule has 1 fully saturated rings. The summed E-state index contributed by atoms with van der Waals surface area (Å²) < 4.78 is 6.63. The van der Waals surface area contributed by atoms with E-state index in [2.05, 4.69) is 5.32 Å². The number of nitrogens with zero attached hydrogens (tertiary/aromatic N) is 2. The Morgan fingerprint density at radius 2 is 1.82 bits per heavy atom. The van der Waals surface area contributed by atoms with Crippen LogP contribution in [0.1, 0.15) is 31.2 Å². The van der Waals surface area contributed by atoms with E-state index >= 15 is 0 Å². The summed E-state index contributed by atoms with van der Waals surface area (Å²) in [6, 6.07) is 20.0. The highest BCUT2D eigenvalue weighted by Crippen LogP contribution is 2.43. The Morgan fingerprint density at radius 3 is 2.50 bits per heavy atom. The second-order valence-electron chi connectivity index (χ2n) is 8.45. The molecule has 4 aromatic rings. The van der Waals surface area contributed by atoms with Gasteiger partial charge in [-0.15, -0.1) is 11.3 Å². The highest BCUT2D eigenvalue weighted by atomic mass is 32.1. The topological polar surface area (TPSA) is 94.4 Å². The number of rotatable bonds is 6. The first-order valence-electron chi connectivity index (χ1n) is 11.1. The summed E-state index contributed by atoms with van der Waals surface area (Å²) in [7, 11) is 1.57. The Bertz CT molecular complexity index is 1340. The third kappa shape index (κ3) is 3.90. The van der Waals surface area contributed by atoms with Gasteiger partial charge in [0.25, 0.3) is 5.69 Å². The van der Waals surface area contributed by atoms with E-state index in [0.29, 0.717) is 24.3 Å². The minimum atomic E-state index is -0.730. The number of hydrogen-bond acceptors (Lipinski definition) is 6. The lowest BCUT2D eigenvalue weighted by atomic mass is 9.78. The largest absolute Gasteiger partial charge is 0.495 e. The Labute approximate surface area is 200 Å². The van der Waals surface area contributed by atoms with Crippen molar-refractivity contribution in [3.8, 4) is 16.3 Å². The number of carbonyl (C=O) groups excluding carboxylic acids is 1. The van der Waals surface area contributed by atoms with Crippen LogP contribution in [0.5, 0.6) is 5.75 Å². The number of aromatic nitrogens is 1. The number of hydrogen-bond donors (Lipinski definition) is 1. The van der Waals surface area contributed by atoms with Crippen LogP contribution >= 0.6 is 11.3 Å². The number of nitro benzene ring substituents is 1. The SMILES string of the molecule is COc1ccc(-c2nc3ccccc3s2)cc1NC(=O)C1(c2ccc([N+](=O)[O-])cc2)CCCC1. The van der Waals surface area contributed by atoms with Gasteiger partial charge in [0.1, 0.15) is 10.8 Å². The Kier molecular flexibility index (Phi) is 5.75. The standard InChI is InChI=1S/C26H23N3O4S/c1-33-22-13-8-17(24-27-20-6-2-3-7-23(20)34-24)16-21(22)28-25(30)26(14-4-5-15-26)18-9-11-19(12-10-18)29(31)32/h2-3,6-13,16H,4-5,14-15H2,1H3,(H,28,30). The first-order chi connectivity index (χ1) is 16.5. The molecule has 3 aromatic carbocycles. The number of ether oxygens (including phenoxy) is 1. The highest BCUT2D eigenvalue weighted by molar-refractivity contribution is 7.21. The number of non-ortho nitro benzene ring substituents is 1. The van der Waals surface area contributed by atoms with Crippen molar-refractivity contribution in [1.29, 1.82) is 0 Å². The van der Waals surface area contributed by atoms with Crippen molar-refractivity contribution in [2.24, 2.45) is 0 Å². The van der Waals surface area contributed by atoms with Crippen LogP contribution in [0.15, 0.2) is 66.7 Å². The number of nitrogens with one attached hydrogen (secondary N) is 1. The Balaban J connectivity index is 1.48. The van der Waals surface area contributed by atoms with Crippen molar-refractivity contribution >= 4 is 38.8 Å². The Morgan fingerprint density at radius 1 is 1.09 bits per heavy atom. The fraction of sp³-hybridized carbons (Fsp3) is 0.231. The second kappa shape index (κ2) is 8.87. The van der Waals surface area contributed by atoms with Gasteiger partial charge in [-0.2, -0.15) is 0 Å². The van der Waals surface area contributed by atoms with Crippen LogP contribution in [0.2, 0.25) is 0 Å². The summed E-state index contributed by atoms with van der Waals surface area (Å²) in [5, 5.41) is 15.0. The molecule has 5 rings (SSSR count). The molecular weight excluding hydrogens is 450 g/mol. The molecule has 172 valence electrons. The minimum Gasteiger partial charge on any atom is -0.495 e. The molecule has 0 atom stereocenters. The molecule has 8 heteroatoms. The number of benzene rings is 3. The van der Waals surface area contributed by atoms with E-state index in [0.717, 1.165) is 39.2 Å². The number of para-hydroxylation sites is 1. The molecule has 1 aliphatic carbocycles. The van der Waals surface area contributed by atoms with Crippen molar-refractivity contribution in [2.75, 3.05) is 12.4 Å². The molecule has 0 radical (unpaired) electrons. The quantitative estimate of drug-likeness (QED) is 0.261. The van der Waals surface area contributed by atoms with Crippen LogP contribution in [-0.4, -0.2) is 22.9 Å². The Hall–Kier alpha value is -3.78. The van der Waals surface area contributed by atoms with E-state index in [1.807, 2.05) is 42.5 Å². The predicted molar refractivity (Wildman–Crippen MR) is 133 cm³/mol. The van der Waals surface area contributed by atoms with Crippen molar-refractivity contribution in [1.82, 2.24) is 4.98 Å². The third-order valence-electron chi connectivity index (χ3n) is 6.51. The molecule has 7 nitrogen and oxygen atoms in total. The summed E-state index contributed by atoms with van der Waals surface area (Å²) in [5.41, 5.74) is 2.50. The molecule has 1 amide bonds. The summed E-state index contributed by atoms with van der Waals surface area (Å²) in [5.74, 6) is 0.439. The van der Waals surface area contributed by atoms with Gasteiger partial charge in [-0.3, -0.25) is 14.9 Å². The van der Waals surface area contributed by atoms with Crippen molar-refractivity contribution < 1.29 is 14.5 Å². The highest BCUT2D eigenvalue weighted by Gasteiger charge is 2.43. The van der Waals surface area contributed by atoms with Crippen LogP contribution in [0, 0.1) is 10.1 Å². The second-order valence-corrected chi connectivity index (χ2v) is 9.48. The van der Waals surface area contributed by atoms with E-state index in [-0.39, 0.29) is 11.6 Å². The zero-order chi connectivity index (χ0) is 23.7. The number of methoxy groups -OCH3 is 1. The lowest BCUT2D eigenvalue weighted by Gasteiger charge is -2.28. The maximum atomic E-state index is 13.7. The van der Waals surface area contributed by atoms with Gasteiger partial charge in [0.05, 0.1) is 33.4 Å². The number of nitro groups is 1. The molecule has 1 aromatic heterocycles. The first-order valence-corrected chi connectivity index (χ1v) is 11.9. The molecule has 1 saturated carbocycles. The van der Waals surface area contributed by atoms with Gasteiger partial charge < -0.3 is 10.1 Å². The summed E-state index contributed by atoms with van der Waals surface area (Å²) in [6.07, 6.45) is 3.23. The monoisotopic (exact) mass is 473 g/mol. The molecule has 1 aliphatic rings. The summed E-state index contributed by atoms with van der Waals surface area (Å²) >= 11 is 1.60. The molecule has 0 unspecified atom stereocenters. The summed E-state index contributed by atoms with van der Waals surface area (Å²) in [4.78, 5) is 29.1. The average molecular weight is 474 g/mol. The maximum Gasteiger partial charge on any atom is 0.269 e. The molecule has 0 aliphatic heterocycles. The van der Waals surface area contributed by atoms with Gasteiger partial charge in [0.15, 0.2) is 0 Å². The third-order valence-corrected chi connectivity index (χ3v) is 7.60. The van der Waals surface area contributed by atoms with E-state index in [1.165, 1.54) is 12.1 Å². The number of fused-ring (bicyclic) bond motifs is 1. The van der Waals surface area contributed by atoms with Crippen molar-refractivity contribution in [3.63, 3.8) is 0 Å². The van der Waals surface area contributed by atoms with Crippen LogP contribution in [0.4, 0.5) is 11.4 Å². The maximum absolute atomic E-state index is 13.7. The van der Waals surface area contributed by atoms with Gasteiger partial charge in [0, 0.05) is 17.7 Å². The van der Waals surface area contributed by atoms with Crippen molar-refractivity contribution in [2.45, 2.75) is 31.1 Å². The summed E-state index contributed by atoms with van der Waals surface area (Å²) in [6.45, 7) is 0. The van der Waals surface area contributed by atoms with Gasteiger partial charge in [-0.05, 0) is 48.7 Å². The molecule has 34 heavy (non-hydrogen) atoms. The fourth-order valence-electron chi connectivity index (χ4n) is 4.70. The van der Waals surface area contributed by atoms with Crippen molar-refractivity contribution in [3.05, 3.63) is 82.4 Å². The molecule has 1 heterocycles. The van der Waals surface area contributed by atoms with Crippen LogP contribution in [-0.2, 0) is 10.2 Å². The molecule has 0 bridgehead atoms. The van der Waals surface area contributed by atoms with Crippen LogP contribution in [0.25, 0.3) is 20.8 Å². The first kappa shape index (κ1) is 22.0. The average Bonchev–Trinajstić information content (AvgIpc) is 3.52. The van der Waals surface area contributed by atoms with Gasteiger partial charge >= 0.3 is 0 Å². The van der Waals surface area contributed by atoms with Crippen LogP contribution < -0.4 is 10.1 Å². The zero-order valence-electron chi connectivity index (χ0n) is 18.6. The minimum absolute atomic E-state index is 0.0162. The molecule has 0 saturated heterocycles. The van der Waals surface area contributed by atoms with Gasteiger partial charge in [-0.25, -0.2) is 4.98 Å². The number of amides is 1. The van der Waals surface area contributed by atoms with Crippen LogP contribution in [0.3, 0.4) is 0 Å². The van der Waals surface area contributed by atoms with Gasteiger partial charge in [0.2, 0.25) is 5.91 Å². The van der Waals surface area contributed by atoms with E-state index < -0.39 is 10.3 Å². The lowest BCUT2D eigenvalue weighted by molar-refractivity contribution is -0.384. The van der Waals surface area contributed by atoms with Gasteiger partial charge in [-0.1, -0.05) is 37.1 Å². The smallest absolute Gasteiger partial charge is 0.269 e. The zero-order valence-corrected chi connectivity index (χ0v) is 19.4. The normalized spacial score (nSPS) is 14.7.